The van der Waals surface area contributed by atoms with Gasteiger partial charge in [0, 0.05) is 17.8 Å². The van der Waals surface area contributed by atoms with Crippen LogP contribution in [0, 0.1) is 0 Å². The zero-order valence-electron chi connectivity index (χ0n) is 12.1. The molecule has 0 atom stereocenters. The van der Waals surface area contributed by atoms with Crippen LogP contribution in [-0.2, 0) is 6.54 Å². The van der Waals surface area contributed by atoms with E-state index >= 15 is 0 Å². The standard InChI is InChI=1S/C16H25NOS/c1-3-18-15-8-6-7-14(11-15)12-17-13-16(19-2)9-4-5-10-16/h6-8,11,17H,3-5,9-10,12-13H2,1-2H3. The van der Waals surface area contributed by atoms with Crippen LogP contribution in [0.1, 0.15) is 38.2 Å². The lowest BCUT2D eigenvalue weighted by atomic mass is 10.1. The van der Waals surface area contributed by atoms with Crippen molar-refractivity contribution >= 4 is 11.8 Å². The third-order valence-corrected chi connectivity index (χ3v) is 5.35. The van der Waals surface area contributed by atoms with Gasteiger partial charge in [0.25, 0.3) is 0 Å². The van der Waals surface area contributed by atoms with E-state index in [9.17, 15) is 0 Å². The fourth-order valence-electron chi connectivity index (χ4n) is 2.82. The van der Waals surface area contributed by atoms with Crippen LogP contribution in [0.25, 0.3) is 0 Å². The minimum atomic E-state index is 0.484. The highest BCUT2D eigenvalue weighted by atomic mass is 32.2. The molecule has 19 heavy (non-hydrogen) atoms. The Morgan fingerprint density at radius 3 is 2.79 bits per heavy atom. The number of ether oxygens (including phenoxy) is 1. The van der Waals surface area contributed by atoms with Crippen LogP contribution in [0.2, 0.25) is 0 Å². The van der Waals surface area contributed by atoms with E-state index in [-0.39, 0.29) is 0 Å². The summed E-state index contributed by atoms with van der Waals surface area (Å²) in [6.07, 6.45) is 7.76. The minimum absolute atomic E-state index is 0.484. The van der Waals surface area contributed by atoms with Gasteiger partial charge in [-0.3, -0.25) is 0 Å². The van der Waals surface area contributed by atoms with Crippen LogP contribution >= 0.6 is 11.8 Å². The molecule has 1 aliphatic rings. The van der Waals surface area contributed by atoms with E-state index in [4.69, 9.17) is 4.74 Å². The van der Waals surface area contributed by atoms with Gasteiger partial charge >= 0.3 is 0 Å². The molecule has 0 spiro atoms. The maximum atomic E-state index is 5.54. The van der Waals surface area contributed by atoms with Crippen molar-refractivity contribution in [2.75, 3.05) is 19.4 Å². The van der Waals surface area contributed by atoms with Crippen LogP contribution in [-0.4, -0.2) is 24.2 Å². The predicted octanol–water partition coefficient (Wildman–Crippen LogP) is 3.85. The zero-order chi connectivity index (χ0) is 13.6. The average Bonchev–Trinajstić information content (AvgIpc) is 2.89. The minimum Gasteiger partial charge on any atom is -0.494 e. The Hall–Kier alpha value is -0.670. The summed E-state index contributed by atoms with van der Waals surface area (Å²) < 4.78 is 6.02. The molecule has 3 heteroatoms. The monoisotopic (exact) mass is 279 g/mol. The van der Waals surface area contributed by atoms with E-state index in [1.165, 1.54) is 31.2 Å². The topological polar surface area (TPSA) is 21.3 Å². The molecule has 0 saturated heterocycles. The van der Waals surface area contributed by atoms with Crippen molar-refractivity contribution in [1.82, 2.24) is 5.32 Å². The van der Waals surface area contributed by atoms with Crippen LogP contribution in [0.4, 0.5) is 0 Å². The van der Waals surface area contributed by atoms with Gasteiger partial charge in [0.1, 0.15) is 5.75 Å². The first kappa shape index (κ1) is 14.7. The summed E-state index contributed by atoms with van der Waals surface area (Å²) in [6, 6.07) is 8.39. The first-order valence-corrected chi connectivity index (χ1v) is 8.48. The van der Waals surface area contributed by atoms with Gasteiger partial charge in [-0.1, -0.05) is 25.0 Å². The third-order valence-electron chi connectivity index (χ3n) is 3.93. The summed E-state index contributed by atoms with van der Waals surface area (Å²) in [5.41, 5.74) is 1.31. The van der Waals surface area contributed by atoms with E-state index in [1.54, 1.807) is 0 Å². The Morgan fingerprint density at radius 1 is 1.32 bits per heavy atom. The van der Waals surface area contributed by atoms with Crippen LogP contribution in [0.3, 0.4) is 0 Å². The normalized spacial score (nSPS) is 17.6. The molecule has 106 valence electrons. The molecule has 0 aromatic heterocycles. The maximum absolute atomic E-state index is 5.54. The van der Waals surface area contributed by atoms with Gasteiger partial charge in [0.2, 0.25) is 0 Å². The first-order valence-electron chi connectivity index (χ1n) is 7.25. The molecule has 0 unspecified atom stereocenters. The number of nitrogens with one attached hydrogen (secondary N) is 1. The molecule has 0 radical (unpaired) electrons. The number of hydrogen-bond donors (Lipinski definition) is 1. The Labute approximate surface area is 121 Å². The number of thioether (sulfide) groups is 1. The summed E-state index contributed by atoms with van der Waals surface area (Å²) in [6.45, 7) is 4.80. The molecule has 0 amide bonds. The zero-order valence-corrected chi connectivity index (χ0v) is 12.9. The summed E-state index contributed by atoms with van der Waals surface area (Å²) in [5.74, 6) is 0.974. The molecule has 2 nitrogen and oxygen atoms in total. The molecular weight excluding hydrogens is 254 g/mol. The molecular formula is C16H25NOS. The smallest absolute Gasteiger partial charge is 0.119 e. The lowest BCUT2D eigenvalue weighted by Gasteiger charge is -2.27. The summed E-state index contributed by atoms with van der Waals surface area (Å²) in [7, 11) is 0. The van der Waals surface area contributed by atoms with Crippen LogP contribution in [0.15, 0.2) is 24.3 Å². The molecule has 0 bridgehead atoms. The lowest BCUT2D eigenvalue weighted by molar-refractivity contribution is 0.340. The molecule has 1 fully saturated rings. The summed E-state index contributed by atoms with van der Waals surface area (Å²) >= 11 is 2.04. The first-order chi connectivity index (χ1) is 9.28. The molecule has 1 aromatic carbocycles. The van der Waals surface area contributed by atoms with Gasteiger partial charge in [0.15, 0.2) is 0 Å². The third kappa shape index (κ3) is 4.15. The van der Waals surface area contributed by atoms with Gasteiger partial charge in [0.05, 0.1) is 6.61 Å². The van der Waals surface area contributed by atoms with Crippen molar-refractivity contribution in [2.45, 2.75) is 43.9 Å². The summed E-state index contributed by atoms with van der Waals surface area (Å²) in [5, 5.41) is 3.63. The largest absolute Gasteiger partial charge is 0.494 e. The van der Waals surface area contributed by atoms with Crippen molar-refractivity contribution < 1.29 is 4.74 Å². The van der Waals surface area contributed by atoms with E-state index < -0.39 is 0 Å². The quantitative estimate of drug-likeness (QED) is 0.819. The Bertz CT molecular complexity index is 388. The summed E-state index contributed by atoms with van der Waals surface area (Å²) in [4.78, 5) is 0. The highest BCUT2D eigenvalue weighted by Crippen LogP contribution is 2.39. The Balaban J connectivity index is 1.83. The molecule has 2 rings (SSSR count). The Morgan fingerprint density at radius 2 is 2.11 bits per heavy atom. The second-order valence-corrected chi connectivity index (χ2v) is 6.55. The van der Waals surface area contributed by atoms with Crippen molar-refractivity contribution in [1.29, 1.82) is 0 Å². The molecule has 1 N–H and O–H groups in total. The average molecular weight is 279 g/mol. The molecule has 1 saturated carbocycles. The van der Waals surface area contributed by atoms with Crippen molar-refractivity contribution in [3.8, 4) is 5.75 Å². The van der Waals surface area contributed by atoms with E-state index in [0.29, 0.717) is 4.75 Å². The SMILES string of the molecule is CCOc1cccc(CNCC2(SC)CCCC2)c1. The predicted molar refractivity (Wildman–Crippen MR) is 84.0 cm³/mol. The molecule has 0 heterocycles. The van der Waals surface area contributed by atoms with Gasteiger partial charge in [-0.2, -0.15) is 11.8 Å². The number of benzene rings is 1. The highest BCUT2D eigenvalue weighted by molar-refractivity contribution is 8.00. The van der Waals surface area contributed by atoms with Crippen molar-refractivity contribution in [3.63, 3.8) is 0 Å². The van der Waals surface area contributed by atoms with E-state index in [0.717, 1.165) is 25.4 Å². The van der Waals surface area contributed by atoms with E-state index in [1.807, 2.05) is 24.8 Å². The van der Waals surface area contributed by atoms with Gasteiger partial charge < -0.3 is 10.1 Å². The van der Waals surface area contributed by atoms with Crippen molar-refractivity contribution in [3.05, 3.63) is 29.8 Å². The van der Waals surface area contributed by atoms with E-state index in [2.05, 4.69) is 29.8 Å². The fourth-order valence-corrected chi connectivity index (χ4v) is 3.76. The number of rotatable bonds is 7. The second kappa shape index (κ2) is 7.20. The van der Waals surface area contributed by atoms with Crippen LogP contribution in [0.5, 0.6) is 5.75 Å². The van der Waals surface area contributed by atoms with Gasteiger partial charge in [-0.25, -0.2) is 0 Å². The Kier molecular flexibility index (Phi) is 5.59. The second-order valence-electron chi connectivity index (χ2n) is 5.28. The maximum Gasteiger partial charge on any atom is 0.119 e. The van der Waals surface area contributed by atoms with Gasteiger partial charge in [-0.15, -0.1) is 0 Å². The molecule has 1 aliphatic carbocycles. The molecule has 1 aromatic rings. The highest BCUT2D eigenvalue weighted by Gasteiger charge is 2.32. The lowest BCUT2D eigenvalue weighted by Crippen LogP contribution is -2.34. The van der Waals surface area contributed by atoms with Gasteiger partial charge in [-0.05, 0) is 43.7 Å². The fraction of sp³-hybridized carbons (Fsp3) is 0.625. The number of hydrogen-bond acceptors (Lipinski definition) is 3. The van der Waals surface area contributed by atoms with Crippen molar-refractivity contribution in [2.24, 2.45) is 0 Å². The molecule has 0 aliphatic heterocycles. The van der Waals surface area contributed by atoms with Crippen LogP contribution < -0.4 is 10.1 Å².